The lowest BCUT2D eigenvalue weighted by molar-refractivity contribution is -0.145. The second-order valence-electron chi connectivity index (χ2n) is 7.91. The van der Waals surface area contributed by atoms with Crippen molar-refractivity contribution in [1.82, 2.24) is 20.2 Å². The van der Waals surface area contributed by atoms with Gasteiger partial charge in [0.2, 0.25) is 0 Å². The second-order valence-corrected chi connectivity index (χ2v) is 7.91. The Hall–Kier alpha value is -3.46. The van der Waals surface area contributed by atoms with Crippen LogP contribution in [0.3, 0.4) is 0 Å². The van der Waals surface area contributed by atoms with Crippen LogP contribution in [0.2, 0.25) is 0 Å². The van der Waals surface area contributed by atoms with Gasteiger partial charge in [0, 0.05) is 31.2 Å². The van der Waals surface area contributed by atoms with Gasteiger partial charge < -0.3 is 9.64 Å². The summed E-state index contributed by atoms with van der Waals surface area (Å²) >= 11 is 0. The first kappa shape index (κ1) is 21.8. The fourth-order valence-electron chi connectivity index (χ4n) is 4.00. The Bertz CT molecular complexity index is 1160. The number of amides is 1. The summed E-state index contributed by atoms with van der Waals surface area (Å²) in [5.74, 6) is -0.877. The normalized spacial score (nSPS) is 13.2. The SMILES string of the molecule is CCOC(=O)CN(CC(=O)N(C)N1Cc2ccc(F)cc2C1)c1cc2cn[nH]c2cc1C. The van der Waals surface area contributed by atoms with Crippen molar-refractivity contribution in [2.24, 2.45) is 0 Å². The second kappa shape index (κ2) is 8.96. The Balaban J connectivity index is 1.54. The molecule has 1 N–H and O–H groups in total. The van der Waals surface area contributed by atoms with Crippen molar-refractivity contribution in [2.75, 3.05) is 31.6 Å². The standard InChI is InChI=1S/C23H26FN5O3/c1-4-32-23(31)14-28(21-9-17-10-25-26-20(17)7-15(21)2)13-22(30)27(3)29-11-16-5-6-19(24)8-18(16)12-29/h5-10H,4,11-14H2,1-3H3,(H,25,26). The topological polar surface area (TPSA) is 81.8 Å². The van der Waals surface area contributed by atoms with Gasteiger partial charge in [-0.05, 0) is 54.8 Å². The van der Waals surface area contributed by atoms with Crippen LogP contribution in [0.4, 0.5) is 10.1 Å². The Labute approximate surface area is 185 Å². The molecule has 1 aromatic heterocycles. The van der Waals surface area contributed by atoms with Crippen LogP contribution in [-0.2, 0) is 27.4 Å². The Morgan fingerprint density at radius 3 is 2.75 bits per heavy atom. The molecule has 0 bridgehead atoms. The van der Waals surface area contributed by atoms with E-state index in [0.717, 1.165) is 33.3 Å². The summed E-state index contributed by atoms with van der Waals surface area (Å²) in [5, 5.41) is 11.3. The minimum Gasteiger partial charge on any atom is -0.465 e. The number of nitrogens with zero attached hydrogens (tertiary/aromatic N) is 4. The molecular weight excluding hydrogens is 413 g/mol. The van der Waals surface area contributed by atoms with Crippen LogP contribution in [-0.4, -0.2) is 58.8 Å². The fraction of sp³-hybridized carbons (Fsp3) is 0.348. The van der Waals surface area contributed by atoms with Crippen LogP contribution in [0.1, 0.15) is 23.6 Å². The maximum Gasteiger partial charge on any atom is 0.325 e. The lowest BCUT2D eigenvalue weighted by Crippen LogP contribution is -2.47. The molecule has 0 radical (unpaired) electrons. The van der Waals surface area contributed by atoms with E-state index in [1.165, 1.54) is 12.1 Å². The number of halogens is 1. The lowest BCUT2D eigenvalue weighted by Gasteiger charge is -2.31. The summed E-state index contributed by atoms with van der Waals surface area (Å²) in [6.07, 6.45) is 1.70. The van der Waals surface area contributed by atoms with E-state index in [1.54, 1.807) is 36.1 Å². The summed E-state index contributed by atoms with van der Waals surface area (Å²) in [4.78, 5) is 27.2. The van der Waals surface area contributed by atoms with Crippen molar-refractivity contribution in [3.05, 3.63) is 59.0 Å². The number of hydrogen-bond donors (Lipinski definition) is 1. The van der Waals surface area contributed by atoms with E-state index in [2.05, 4.69) is 10.2 Å². The van der Waals surface area contributed by atoms with Gasteiger partial charge in [-0.15, -0.1) is 0 Å². The van der Waals surface area contributed by atoms with Gasteiger partial charge in [-0.3, -0.25) is 19.7 Å². The van der Waals surface area contributed by atoms with Gasteiger partial charge in [-0.1, -0.05) is 6.07 Å². The number of benzene rings is 2. The molecule has 168 valence electrons. The van der Waals surface area contributed by atoms with Crippen LogP contribution >= 0.6 is 0 Å². The van der Waals surface area contributed by atoms with Gasteiger partial charge in [0.05, 0.1) is 24.9 Å². The number of esters is 1. The number of fused-ring (bicyclic) bond motifs is 2. The Kier molecular flexibility index (Phi) is 6.09. The zero-order chi connectivity index (χ0) is 22.8. The van der Waals surface area contributed by atoms with E-state index in [9.17, 15) is 14.0 Å². The quantitative estimate of drug-likeness (QED) is 0.570. The number of rotatable bonds is 7. The molecule has 0 fully saturated rings. The molecule has 0 spiro atoms. The maximum atomic E-state index is 13.6. The van der Waals surface area contributed by atoms with Crippen molar-refractivity contribution in [3.8, 4) is 0 Å². The molecule has 1 aliphatic heterocycles. The number of hydrogen-bond acceptors (Lipinski definition) is 6. The van der Waals surface area contributed by atoms with E-state index >= 15 is 0 Å². The van der Waals surface area contributed by atoms with Crippen molar-refractivity contribution in [3.63, 3.8) is 0 Å². The van der Waals surface area contributed by atoms with E-state index < -0.39 is 5.97 Å². The number of aromatic nitrogens is 2. The molecule has 0 unspecified atom stereocenters. The number of nitrogens with one attached hydrogen (secondary N) is 1. The predicted octanol–water partition coefficient (Wildman–Crippen LogP) is 2.77. The highest BCUT2D eigenvalue weighted by Gasteiger charge is 2.27. The number of H-pyrrole nitrogens is 1. The third-order valence-electron chi connectivity index (χ3n) is 5.71. The molecule has 2 aromatic carbocycles. The highest BCUT2D eigenvalue weighted by Crippen LogP contribution is 2.27. The molecule has 8 nitrogen and oxygen atoms in total. The minimum absolute atomic E-state index is 0.0132. The number of carbonyl (C=O) groups excluding carboxylic acids is 2. The Morgan fingerprint density at radius 1 is 1.19 bits per heavy atom. The van der Waals surface area contributed by atoms with Crippen LogP contribution < -0.4 is 4.90 Å². The summed E-state index contributed by atoms with van der Waals surface area (Å²) in [7, 11) is 1.69. The number of anilines is 1. The van der Waals surface area contributed by atoms with Gasteiger partial charge in [-0.2, -0.15) is 5.10 Å². The van der Waals surface area contributed by atoms with Crippen LogP contribution in [0.5, 0.6) is 0 Å². The average molecular weight is 439 g/mol. The summed E-state index contributed by atoms with van der Waals surface area (Å²) in [5.41, 5.74) is 4.42. The Morgan fingerprint density at radius 2 is 1.97 bits per heavy atom. The van der Waals surface area contributed by atoms with Gasteiger partial charge in [-0.25, -0.2) is 9.40 Å². The molecule has 32 heavy (non-hydrogen) atoms. The first-order valence-electron chi connectivity index (χ1n) is 10.5. The average Bonchev–Trinajstić information content (AvgIpc) is 3.38. The molecule has 0 saturated carbocycles. The van der Waals surface area contributed by atoms with E-state index in [4.69, 9.17) is 4.74 Å². The highest BCUT2D eigenvalue weighted by atomic mass is 19.1. The van der Waals surface area contributed by atoms with Crippen LogP contribution in [0, 0.1) is 12.7 Å². The molecule has 4 rings (SSSR count). The monoisotopic (exact) mass is 439 g/mol. The van der Waals surface area contributed by atoms with Gasteiger partial charge in [0.15, 0.2) is 0 Å². The lowest BCUT2D eigenvalue weighted by atomic mass is 10.1. The largest absolute Gasteiger partial charge is 0.465 e. The highest BCUT2D eigenvalue weighted by molar-refractivity contribution is 5.89. The summed E-state index contributed by atoms with van der Waals surface area (Å²) in [6.45, 7) is 4.85. The number of ether oxygens (including phenoxy) is 1. The summed E-state index contributed by atoms with van der Waals surface area (Å²) < 4.78 is 18.7. The minimum atomic E-state index is -0.404. The molecule has 0 saturated heterocycles. The number of aryl methyl sites for hydroxylation is 1. The third kappa shape index (κ3) is 4.43. The molecule has 3 aromatic rings. The molecule has 0 aliphatic carbocycles. The molecule has 1 amide bonds. The van der Waals surface area contributed by atoms with E-state index in [1.807, 2.05) is 24.1 Å². The van der Waals surface area contributed by atoms with Gasteiger partial charge in [0.1, 0.15) is 12.4 Å². The molecular formula is C23H26FN5O3. The maximum absolute atomic E-state index is 13.6. The number of aromatic amines is 1. The number of likely N-dealkylation sites (N-methyl/N-ethyl adjacent to an activating group) is 1. The molecule has 9 heteroatoms. The predicted molar refractivity (Wildman–Crippen MR) is 118 cm³/mol. The number of hydrazine groups is 1. The van der Waals surface area contributed by atoms with Crippen molar-refractivity contribution in [1.29, 1.82) is 0 Å². The van der Waals surface area contributed by atoms with E-state index in [0.29, 0.717) is 13.1 Å². The third-order valence-corrected chi connectivity index (χ3v) is 5.71. The first-order chi connectivity index (χ1) is 15.4. The molecule has 0 atom stereocenters. The fourth-order valence-corrected chi connectivity index (χ4v) is 4.00. The van der Waals surface area contributed by atoms with Gasteiger partial charge in [0.25, 0.3) is 5.91 Å². The smallest absolute Gasteiger partial charge is 0.325 e. The zero-order valence-electron chi connectivity index (χ0n) is 18.4. The zero-order valence-corrected chi connectivity index (χ0v) is 18.4. The van der Waals surface area contributed by atoms with Crippen LogP contribution in [0.15, 0.2) is 36.5 Å². The number of carbonyl (C=O) groups is 2. The first-order valence-corrected chi connectivity index (χ1v) is 10.5. The molecule has 2 heterocycles. The summed E-state index contributed by atoms with van der Waals surface area (Å²) in [6, 6.07) is 8.54. The van der Waals surface area contributed by atoms with Crippen LogP contribution in [0.25, 0.3) is 10.9 Å². The van der Waals surface area contributed by atoms with Crippen molar-refractivity contribution in [2.45, 2.75) is 26.9 Å². The van der Waals surface area contributed by atoms with E-state index in [-0.39, 0.29) is 31.4 Å². The molecule has 1 aliphatic rings. The van der Waals surface area contributed by atoms with Gasteiger partial charge >= 0.3 is 5.97 Å². The van der Waals surface area contributed by atoms with Crippen molar-refractivity contribution < 1.29 is 18.7 Å². The van der Waals surface area contributed by atoms with Crippen molar-refractivity contribution >= 4 is 28.5 Å².